The Morgan fingerprint density at radius 3 is 2.86 bits per heavy atom. The second-order valence-corrected chi connectivity index (χ2v) is 6.13. The number of hydrogen-bond donors (Lipinski definition) is 2. The van der Waals surface area contributed by atoms with Crippen LogP contribution in [-0.4, -0.2) is 17.4 Å². The first-order chi connectivity index (χ1) is 10.1. The molecule has 112 valence electrons. The molecule has 2 N–H and O–H groups in total. The minimum Gasteiger partial charge on any atom is -0.326 e. The normalized spacial score (nSPS) is 13.7. The van der Waals surface area contributed by atoms with Gasteiger partial charge in [-0.2, -0.15) is 0 Å². The van der Waals surface area contributed by atoms with Crippen LogP contribution in [0.25, 0.3) is 0 Å². The highest BCUT2D eigenvalue weighted by atomic mass is 32.1. The summed E-state index contributed by atoms with van der Waals surface area (Å²) in [6.45, 7) is 6.69. The fourth-order valence-corrected chi connectivity index (χ4v) is 2.82. The molecule has 1 aromatic heterocycles. The first-order valence-electron chi connectivity index (χ1n) is 7.06. The van der Waals surface area contributed by atoms with Gasteiger partial charge in [-0.15, -0.1) is 11.3 Å². The third-order valence-corrected chi connectivity index (χ3v) is 4.32. The molecule has 0 aliphatic carbocycles. The highest BCUT2D eigenvalue weighted by Crippen LogP contribution is 2.20. The third-order valence-electron chi connectivity index (χ3n) is 3.31. The van der Waals surface area contributed by atoms with Crippen molar-refractivity contribution in [3.63, 3.8) is 0 Å². The number of carbonyl (C=O) groups excluding carboxylic acids is 1. The van der Waals surface area contributed by atoms with E-state index >= 15 is 0 Å². The second-order valence-electron chi connectivity index (χ2n) is 5.21. The Labute approximate surface area is 129 Å². The van der Waals surface area contributed by atoms with Gasteiger partial charge in [0, 0.05) is 42.7 Å². The van der Waals surface area contributed by atoms with E-state index in [9.17, 15) is 4.79 Å². The van der Waals surface area contributed by atoms with Crippen LogP contribution in [0.5, 0.6) is 0 Å². The van der Waals surface area contributed by atoms with Crippen molar-refractivity contribution in [2.24, 2.45) is 0 Å². The van der Waals surface area contributed by atoms with E-state index in [0.717, 1.165) is 22.8 Å². The number of carbonyl (C=O) groups is 1. The number of hydrogen-bond acceptors (Lipinski definition) is 4. The summed E-state index contributed by atoms with van der Waals surface area (Å²) in [5.74, 6) is 0.344. The maximum absolute atomic E-state index is 11.1. The standard InChI is InChI=1S/C16H21N3OS/c1-11(16-17-7-8-21-16)10-18-12(2)14-5-4-6-15(9-14)19-13(3)20/h4-9,11-12,18H,10H2,1-3H3,(H,19,20). The van der Waals surface area contributed by atoms with E-state index in [2.05, 4.69) is 35.5 Å². The average Bonchev–Trinajstić information content (AvgIpc) is 2.98. The van der Waals surface area contributed by atoms with E-state index in [1.165, 1.54) is 6.92 Å². The van der Waals surface area contributed by atoms with Crippen molar-refractivity contribution in [3.05, 3.63) is 46.4 Å². The van der Waals surface area contributed by atoms with Crippen LogP contribution >= 0.6 is 11.3 Å². The van der Waals surface area contributed by atoms with E-state index in [4.69, 9.17) is 0 Å². The van der Waals surface area contributed by atoms with Gasteiger partial charge in [0.25, 0.3) is 0 Å². The van der Waals surface area contributed by atoms with E-state index in [1.54, 1.807) is 11.3 Å². The molecule has 21 heavy (non-hydrogen) atoms. The number of nitrogens with one attached hydrogen (secondary N) is 2. The highest BCUT2D eigenvalue weighted by Gasteiger charge is 2.11. The van der Waals surface area contributed by atoms with Crippen molar-refractivity contribution in [2.45, 2.75) is 32.7 Å². The molecule has 1 aromatic carbocycles. The molecular formula is C16H21N3OS. The van der Waals surface area contributed by atoms with Crippen molar-refractivity contribution >= 4 is 22.9 Å². The Morgan fingerprint density at radius 2 is 2.19 bits per heavy atom. The molecule has 5 heteroatoms. The number of benzene rings is 1. The van der Waals surface area contributed by atoms with Gasteiger partial charge in [0.1, 0.15) is 0 Å². The minimum atomic E-state index is -0.0508. The number of aromatic nitrogens is 1. The lowest BCUT2D eigenvalue weighted by atomic mass is 10.1. The molecule has 0 saturated carbocycles. The fourth-order valence-electron chi connectivity index (χ4n) is 2.13. The SMILES string of the molecule is CC(=O)Nc1cccc(C(C)NCC(C)c2nccs2)c1. The molecular weight excluding hydrogens is 282 g/mol. The van der Waals surface area contributed by atoms with Crippen LogP contribution in [0.2, 0.25) is 0 Å². The molecule has 0 aliphatic heterocycles. The zero-order valence-electron chi connectivity index (χ0n) is 12.6. The van der Waals surface area contributed by atoms with Crippen LogP contribution in [-0.2, 0) is 4.79 Å². The lowest BCUT2D eigenvalue weighted by Gasteiger charge is -2.17. The average molecular weight is 303 g/mol. The van der Waals surface area contributed by atoms with Gasteiger partial charge in [0.05, 0.1) is 5.01 Å². The van der Waals surface area contributed by atoms with E-state index < -0.39 is 0 Å². The van der Waals surface area contributed by atoms with Gasteiger partial charge in [0.2, 0.25) is 5.91 Å². The van der Waals surface area contributed by atoms with Gasteiger partial charge in [-0.3, -0.25) is 4.79 Å². The Morgan fingerprint density at radius 1 is 1.38 bits per heavy atom. The predicted octanol–water partition coefficient (Wildman–Crippen LogP) is 3.56. The quantitative estimate of drug-likeness (QED) is 0.858. The molecule has 0 aliphatic rings. The summed E-state index contributed by atoms with van der Waals surface area (Å²) < 4.78 is 0. The van der Waals surface area contributed by atoms with Crippen molar-refractivity contribution in [1.29, 1.82) is 0 Å². The van der Waals surface area contributed by atoms with Gasteiger partial charge in [-0.05, 0) is 24.6 Å². The summed E-state index contributed by atoms with van der Waals surface area (Å²) in [6, 6.07) is 8.16. The molecule has 2 atom stereocenters. The summed E-state index contributed by atoms with van der Waals surface area (Å²) in [6.07, 6.45) is 1.84. The topological polar surface area (TPSA) is 54.0 Å². The summed E-state index contributed by atoms with van der Waals surface area (Å²) in [7, 11) is 0. The molecule has 0 bridgehead atoms. The molecule has 2 rings (SSSR count). The van der Waals surface area contributed by atoms with Crippen LogP contribution in [0.1, 0.15) is 43.3 Å². The van der Waals surface area contributed by atoms with Gasteiger partial charge in [0.15, 0.2) is 0 Å². The Hall–Kier alpha value is -1.72. The molecule has 0 radical (unpaired) electrons. The lowest BCUT2D eigenvalue weighted by molar-refractivity contribution is -0.114. The first-order valence-corrected chi connectivity index (χ1v) is 7.94. The Bertz CT molecular complexity index is 583. The van der Waals surface area contributed by atoms with Crippen LogP contribution < -0.4 is 10.6 Å². The van der Waals surface area contributed by atoms with Crippen molar-refractivity contribution in [1.82, 2.24) is 10.3 Å². The monoisotopic (exact) mass is 303 g/mol. The largest absolute Gasteiger partial charge is 0.326 e. The number of rotatable bonds is 6. The molecule has 4 nitrogen and oxygen atoms in total. The maximum Gasteiger partial charge on any atom is 0.221 e. The summed E-state index contributed by atoms with van der Waals surface area (Å²) in [5.41, 5.74) is 1.99. The van der Waals surface area contributed by atoms with Gasteiger partial charge < -0.3 is 10.6 Å². The van der Waals surface area contributed by atoms with Crippen LogP contribution in [0.3, 0.4) is 0 Å². The predicted molar refractivity (Wildman–Crippen MR) is 87.7 cm³/mol. The molecule has 0 spiro atoms. The number of nitrogens with zero attached hydrogens (tertiary/aromatic N) is 1. The van der Waals surface area contributed by atoms with E-state index in [0.29, 0.717) is 5.92 Å². The van der Waals surface area contributed by atoms with Gasteiger partial charge >= 0.3 is 0 Å². The van der Waals surface area contributed by atoms with Crippen molar-refractivity contribution < 1.29 is 4.79 Å². The molecule has 2 aromatic rings. The van der Waals surface area contributed by atoms with Gasteiger partial charge in [-0.1, -0.05) is 19.1 Å². The Kier molecular flexibility index (Phi) is 5.47. The smallest absolute Gasteiger partial charge is 0.221 e. The Balaban J connectivity index is 1.93. The number of amides is 1. The highest BCUT2D eigenvalue weighted by molar-refractivity contribution is 7.09. The summed E-state index contributed by atoms with van der Waals surface area (Å²) >= 11 is 1.69. The first kappa shape index (κ1) is 15.7. The number of anilines is 1. The molecule has 0 saturated heterocycles. The maximum atomic E-state index is 11.1. The minimum absolute atomic E-state index is 0.0508. The number of thiazole rings is 1. The van der Waals surface area contributed by atoms with Crippen LogP contribution in [0.4, 0.5) is 5.69 Å². The molecule has 1 heterocycles. The zero-order chi connectivity index (χ0) is 15.2. The van der Waals surface area contributed by atoms with Crippen LogP contribution in [0, 0.1) is 0 Å². The third kappa shape index (κ3) is 4.65. The molecule has 0 fully saturated rings. The fraction of sp³-hybridized carbons (Fsp3) is 0.375. The molecule has 2 unspecified atom stereocenters. The zero-order valence-corrected chi connectivity index (χ0v) is 13.4. The summed E-state index contributed by atoms with van der Waals surface area (Å²) in [4.78, 5) is 15.5. The molecule has 1 amide bonds. The van der Waals surface area contributed by atoms with Crippen LogP contribution in [0.15, 0.2) is 35.8 Å². The lowest BCUT2D eigenvalue weighted by Crippen LogP contribution is -2.23. The van der Waals surface area contributed by atoms with Crippen molar-refractivity contribution in [2.75, 3.05) is 11.9 Å². The second kappa shape index (κ2) is 7.33. The van der Waals surface area contributed by atoms with E-state index in [1.807, 2.05) is 29.8 Å². The van der Waals surface area contributed by atoms with Crippen molar-refractivity contribution in [3.8, 4) is 0 Å². The van der Waals surface area contributed by atoms with Gasteiger partial charge in [-0.25, -0.2) is 4.98 Å². The summed E-state index contributed by atoms with van der Waals surface area (Å²) in [5, 5.41) is 9.49. The van der Waals surface area contributed by atoms with E-state index in [-0.39, 0.29) is 11.9 Å².